The van der Waals surface area contributed by atoms with Crippen molar-refractivity contribution >= 4 is 23.2 Å². The number of hydrogen-bond donors (Lipinski definition) is 1. The van der Waals surface area contributed by atoms with Gasteiger partial charge >= 0.3 is 0 Å². The molecule has 2 amide bonds. The van der Waals surface area contributed by atoms with Crippen LogP contribution >= 0.6 is 0 Å². The van der Waals surface area contributed by atoms with Gasteiger partial charge in [0.15, 0.2) is 0 Å². The number of anilines is 2. The average Bonchev–Trinajstić information content (AvgIpc) is 2.81. The Balaban J connectivity index is 1.41. The molecule has 4 rings (SSSR count). The highest BCUT2D eigenvalue weighted by Gasteiger charge is 2.37. The molecule has 1 atom stereocenters. The van der Waals surface area contributed by atoms with Crippen LogP contribution in [0.3, 0.4) is 0 Å². The predicted molar refractivity (Wildman–Crippen MR) is 123 cm³/mol. The molecule has 0 bridgehead atoms. The Morgan fingerprint density at radius 3 is 2.71 bits per heavy atom. The lowest BCUT2D eigenvalue weighted by Gasteiger charge is -2.44. The molecule has 1 fully saturated rings. The van der Waals surface area contributed by atoms with Crippen molar-refractivity contribution in [3.63, 3.8) is 0 Å². The Kier molecular flexibility index (Phi) is 6.44. The zero-order valence-electron chi connectivity index (χ0n) is 18.4. The highest BCUT2D eigenvalue weighted by molar-refractivity contribution is 6.07. The Labute approximate surface area is 184 Å². The number of nitrogens with one attached hydrogen (secondary N) is 1. The molecule has 0 aromatic heterocycles. The number of rotatable bonds is 7. The fraction of sp³-hybridized carbons (Fsp3) is 0.440. The summed E-state index contributed by atoms with van der Waals surface area (Å²) in [7, 11) is 1.80. The molecule has 1 unspecified atom stereocenters. The number of amides is 2. The van der Waals surface area contributed by atoms with Crippen LogP contribution in [0, 0.1) is 0 Å². The molecule has 6 nitrogen and oxygen atoms in total. The molecule has 2 aromatic rings. The van der Waals surface area contributed by atoms with Crippen molar-refractivity contribution in [1.82, 2.24) is 5.32 Å². The summed E-state index contributed by atoms with van der Waals surface area (Å²) in [6, 6.07) is 13.4. The van der Waals surface area contributed by atoms with Crippen LogP contribution in [-0.4, -0.2) is 38.1 Å². The van der Waals surface area contributed by atoms with Gasteiger partial charge in [0.25, 0.3) is 5.91 Å². The minimum atomic E-state index is -0.146. The summed E-state index contributed by atoms with van der Waals surface area (Å²) in [4.78, 5) is 29.5. The second kappa shape index (κ2) is 9.41. The normalized spacial score (nSPS) is 17.7. The number of nitrogens with zero attached hydrogens (tertiary/aromatic N) is 2. The van der Waals surface area contributed by atoms with Gasteiger partial charge in [0.1, 0.15) is 11.8 Å². The maximum Gasteiger partial charge on any atom is 0.251 e. The van der Waals surface area contributed by atoms with Gasteiger partial charge in [0.05, 0.1) is 18.0 Å². The third kappa shape index (κ3) is 4.53. The standard InChI is InChI=1S/C25H31N3O3/c1-3-4-15-31-20-11-8-18(9-12-20)17-26-24(29)19-10-13-21-23(16-19)27(2)25(30)22-7-5-6-14-28(21)22/h8-13,16,22H,3-7,14-15,17H2,1-2H3,(H,26,29). The molecule has 2 aliphatic heterocycles. The highest BCUT2D eigenvalue weighted by atomic mass is 16.5. The summed E-state index contributed by atoms with van der Waals surface area (Å²) in [5, 5.41) is 2.98. The van der Waals surface area contributed by atoms with Crippen LogP contribution in [-0.2, 0) is 11.3 Å². The Bertz CT molecular complexity index is 942. The minimum Gasteiger partial charge on any atom is -0.494 e. The van der Waals surface area contributed by atoms with Crippen LogP contribution in [0.5, 0.6) is 5.75 Å². The minimum absolute atomic E-state index is 0.0696. The van der Waals surface area contributed by atoms with Gasteiger partial charge in [-0.05, 0) is 61.6 Å². The summed E-state index contributed by atoms with van der Waals surface area (Å²) < 4.78 is 5.68. The van der Waals surface area contributed by atoms with Crippen molar-refractivity contribution in [1.29, 1.82) is 0 Å². The first kappa shape index (κ1) is 21.2. The van der Waals surface area contributed by atoms with Crippen LogP contribution in [0.1, 0.15) is 54.9 Å². The van der Waals surface area contributed by atoms with Crippen molar-refractivity contribution in [3.05, 3.63) is 53.6 Å². The molecule has 0 saturated carbocycles. The monoisotopic (exact) mass is 421 g/mol. The van der Waals surface area contributed by atoms with Gasteiger partial charge in [-0.2, -0.15) is 0 Å². The van der Waals surface area contributed by atoms with Gasteiger partial charge in [0, 0.05) is 25.7 Å². The fourth-order valence-corrected chi connectivity index (χ4v) is 4.32. The lowest BCUT2D eigenvalue weighted by Crippen LogP contribution is -2.54. The summed E-state index contributed by atoms with van der Waals surface area (Å²) in [5.41, 5.74) is 3.43. The zero-order valence-corrected chi connectivity index (χ0v) is 18.4. The lowest BCUT2D eigenvalue weighted by molar-refractivity contribution is -0.120. The summed E-state index contributed by atoms with van der Waals surface area (Å²) in [5.74, 6) is 0.820. The number of hydrogen-bond acceptors (Lipinski definition) is 4. The summed E-state index contributed by atoms with van der Waals surface area (Å²) >= 11 is 0. The topological polar surface area (TPSA) is 61.9 Å². The van der Waals surface area contributed by atoms with E-state index >= 15 is 0 Å². The first-order valence-corrected chi connectivity index (χ1v) is 11.3. The predicted octanol–water partition coefficient (Wildman–Crippen LogP) is 4.13. The smallest absolute Gasteiger partial charge is 0.251 e. The maximum atomic E-state index is 12.8. The van der Waals surface area contributed by atoms with E-state index in [0.717, 1.165) is 67.9 Å². The molecule has 31 heavy (non-hydrogen) atoms. The molecule has 0 spiro atoms. The molecule has 1 saturated heterocycles. The van der Waals surface area contributed by atoms with Crippen molar-refractivity contribution in [2.45, 2.75) is 51.6 Å². The lowest BCUT2D eigenvalue weighted by atomic mass is 9.96. The van der Waals surface area contributed by atoms with Gasteiger partial charge in [-0.3, -0.25) is 9.59 Å². The molecule has 2 heterocycles. The first-order chi connectivity index (χ1) is 15.1. The van der Waals surface area contributed by atoms with Gasteiger partial charge in [0.2, 0.25) is 5.91 Å². The van der Waals surface area contributed by atoms with Gasteiger partial charge < -0.3 is 19.9 Å². The number of ether oxygens (including phenoxy) is 1. The van der Waals surface area contributed by atoms with Crippen molar-refractivity contribution in [2.75, 3.05) is 30.0 Å². The number of fused-ring (bicyclic) bond motifs is 3. The van der Waals surface area contributed by atoms with Crippen LogP contribution in [0.4, 0.5) is 11.4 Å². The quantitative estimate of drug-likeness (QED) is 0.683. The van der Waals surface area contributed by atoms with E-state index in [1.165, 1.54) is 0 Å². The largest absolute Gasteiger partial charge is 0.494 e. The van der Waals surface area contributed by atoms with E-state index in [2.05, 4.69) is 17.1 Å². The van der Waals surface area contributed by atoms with Gasteiger partial charge in [-0.15, -0.1) is 0 Å². The number of likely N-dealkylation sites (N-methyl/N-ethyl adjacent to an activating group) is 1. The van der Waals surface area contributed by atoms with Crippen LogP contribution in [0.2, 0.25) is 0 Å². The molecule has 0 aliphatic carbocycles. The second-order valence-electron chi connectivity index (χ2n) is 8.33. The third-order valence-electron chi connectivity index (χ3n) is 6.17. The van der Waals surface area contributed by atoms with E-state index in [1.807, 2.05) is 42.5 Å². The molecular formula is C25H31N3O3. The van der Waals surface area contributed by atoms with Crippen molar-refractivity contribution in [3.8, 4) is 5.75 Å². The van der Waals surface area contributed by atoms with E-state index < -0.39 is 0 Å². The number of piperidine rings is 1. The zero-order chi connectivity index (χ0) is 21.8. The van der Waals surface area contributed by atoms with E-state index in [4.69, 9.17) is 4.74 Å². The second-order valence-corrected chi connectivity index (χ2v) is 8.33. The molecule has 2 aromatic carbocycles. The first-order valence-electron chi connectivity index (χ1n) is 11.3. The van der Waals surface area contributed by atoms with Crippen molar-refractivity contribution in [2.24, 2.45) is 0 Å². The number of carbonyl (C=O) groups excluding carboxylic acids is 2. The highest BCUT2D eigenvalue weighted by Crippen LogP contribution is 2.39. The Hall–Kier alpha value is -3.02. The molecule has 2 aliphatic rings. The van der Waals surface area contributed by atoms with Crippen LogP contribution in [0.25, 0.3) is 0 Å². The third-order valence-corrected chi connectivity index (χ3v) is 6.17. The van der Waals surface area contributed by atoms with E-state index in [0.29, 0.717) is 12.1 Å². The average molecular weight is 422 g/mol. The van der Waals surface area contributed by atoms with E-state index in [1.54, 1.807) is 11.9 Å². The fourth-order valence-electron chi connectivity index (χ4n) is 4.32. The van der Waals surface area contributed by atoms with Gasteiger partial charge in [-0.1, -0.05) is 25.5 Å². The Morgan fingerprint density at radius 2 is 1.94 bits per heavy atom. The number of benzene rings is 2. The van der Waals surface area contributed by atoms with Crippen LogP contribution in [0.15, 0.2) is 42.5 Å². The van der Waals surface area contributed by atoms with Crippen LogP contribution < -0.4 is 19.9 Å². The summed E-state index contributed by atoms with van der Waals surface area (Å²) in [6.07, 6.45) is 5.22. The Morgan fingerprint density at radius 1 is 1.13 bits per heavy atom. The summed E-state index contributed by atoms with van der Waals surface area (Å²) in [6.45, 7) is 4.19. The van der Waals surface area contributed by atoms with Crippen molar-refractivity contribution < 1.29 is 14.3 Å². The molecular weight excluding hydrogens is 390 g/mol. The molecule has 164 valence electrons. The molecule has 6 heteroatoms. The number of unbranched alkanes of at least 4 members (excludes halogenated alkanes) is 1. The van der Waals surface area contributed by atoms with Gasteiger partial charge in [-0.25, -0.2) is 0 Å². The molecule has 0 radical (unpaired) electrons. The maximum absolute atomic E-state index is 12.8. The number of carbonyl (C=O) groups is 2. The van der Waals surface area contributed by atoms with E-state index in [-0.39, 0.29) is 17.9 Å². The SMILES string of the molecule is CCCCOc1ccc(CNC(=O)c2ccc3c(c2)N(C)C(=O)C2CCCCN32)cc1. The molecule has 1 N–H and O–H groups in total. The van der Waals surface area contributed by atoms with E-state index in [9.17, 15) is 9.59 Å².